The first kappa shape index (κ1) is 12.2. The summed E-state index contributed by atoms with van der Waals surface area (Å²) in [5.74, 6) is 2.12. The number of allylic oxidation sites excluding steroid dienone is 4. The van der Waals surface area contributed by atoms with Crippen molar-refractivity contribution in [3.63, 3.8) is 0 Å². The normalized spacial score (nSPS) is 32.7. The third-order valence-electron chi connectivity index (χ3n) is 4.33. The molecule has 0 amide bonds. The summed E-state index contributed by atoms with van der Waals surface area (Å²) in [6.07, 6.45) is 6.22. The van der Waals surface area contributed by atoms with Crippen molar-refractivity contribution in [1.82, 2.24) is 0 Å². The van der Waals surface area contributed by atoms with Gasteiger partial charge in [-0.1, -0.05) is 36.6 Å². The van der Waals surface area contributed by atoms with E-state index in [1.165, 1.54) is 12.8 Å². The number of alkyl halides is 1. The van der Waals surface area contributed by atoms with Gasteiger partial charge in [0, 0.05) is 11.8 Å². The monoisotopic (exact) mass is 238 g/mol. The molecule has 0 N–H and O–H groups in total. The molecule has 16 heavy (non-hydrogen) atoms. The fourth-order valence-corrected chi connectivity index (χ4v) is 3.80. The molecule has 0 aromatic heterocycles. The highest BCUT2D eigenvalue weighted by molar-refractivity contribution is 6.17. The van der Waals surface area contributed by atoms with E-state index in [9.17, 15) is 0 Å². The lowest BCUT2D eigenvalue weighted by Gasteiger charge is -2.28. The molecule has 2 aliphatic rings. The van der Waals surface area contributed by atoms with Crippen LogP contribution in [-0.4, -0.2) is 5.88 Å². The Hall–Kier alpha value is -0.230. The van der Waals surface area contributed by atoms with E-state index in [0.717, 1.165) is 18.2 Å². The highest BCUT2D eigenvalue weighted by Crippen LogP contribution is 2.51. The van der Waals surface area contributed by atoms with E-state index in [1.54, 1.807) is 16.7 Å². The maximum absolute atomic E-state index is 5.91. The van der Waals surface area contributed by atoms with Crippen molar-refractivity contribution < 1.29 is 0 Å². The molecule has 90 valence electrons. The molecule has 0 aromatic carbocycles. The van der Waals surface area contributed by atoms with Crippen LogP contribution in [0, 0.1) is 17.3 Å². The Bertz CT molecular complexity index is 346. The molecular formula is C15H23Cl. The van der Waals surface area contributed by atoms with Crippen molar-refractivity contribution in [3.05, 3.63) is 22.8 Å². The molecule has 1 saturated carbocycles. The number of hydrogen-bond donors (Lipinski definition) is 0. The van der Waals surface area contributed by atoms with Crippen molar-refractivity contribution in [2.75, 3.05) is 5.88 Å². The summed E-state index contributed by atoms with van der Waals surface area (Å²) < 4.78 is 0. The van der Waals surface area contributed by atoms with Gasteiger partial charge in [0.15, 0.2) is 0 Å². The molecule has 2 unspecified atom stereocenters. The Labute approximate surface area is 105 Å². The Morgan fingerprint density at radius 2 is 2.06 bits per heavy atom. The molecule has 0 bridgehead atoms. The first-order chi connectivity index (χ1) is 7.44. The minimum atomic E-state index is 0.494. The van der Waals surface area contributed by atoms with Gasteiger partial charge < -0.3 is 0 Å². The first-order valence-electron chi connectivity index (χ1n) is 6.38. The van der Waals surface area contributed by atoms with Gasteiger partial charge in [-0.25, -0.2) is 0 Å². The van der Waals surface area contributed by atoms with E-state index < -0.39 is 0 Å². The predicted octanol–water partition coefficient (Wildman–Crippen LogP) is 4.94. The molecule has 1 heteroatoms. The van der Waals surface area contributed by atoms with Crippen LogP contribution in [0.2, 0.25) is 0 Å². The summed E-state index contributed by atoms with van der Waals surface area (Å²) in [7, 11) is 0. The minimum absolute atomic E-state index is 0.494. The van der Waals surface area contributed by atoms with Gasteiger partial charge >= 0.3 is 0 Å². The summed E-state index contributed by atoms with van der Waals surface area (Å²) >= 11 is 5.91. The van der Waals surface area contributed by atoms with Crippen LogP contribution in [0.3, 0.4) is 0 Å². The molecule has 2 rings (SSSR count). The lowest BCUT2D eigenvalue weighted by atomic mass is 9.78. The molecule has 0 heterocycles. The average molecular weight is 239 g/mol. The number of fused-ring (bicyclic) bond motifs is 1. The summed E-state index contributed by atoms with van der Waals surface area (Å²) in [5.41, 5.74) is 5.38. The smallest absolute Gasteiger partial charge is 0.0232 e. The fourth-order valence-electron chi connectivity index (χ4n) is 3.58. The summed E-state index contributed by atoms with van der Waals surface area (Å²) in [5, 5.41) is 0. The van der Waals surface area contributed by atoms with E-state index in [-0.39, 0.29) is 0 Å². The molecule has 2 atom stereocenters. The Balaban J connectivity index is 2.31. The van der Waals surface area contributed by atoms with Gasteiger partial charge in [-0.3, -0.25) is 0 Å². The lowest BCUT2D eigenvalue weighted by molar-refractivity contribution is 0.375. The van der Waals surface area contributed by atoms with Gasteiger partial charge in [-0.05, 0) is 44.4 Å². The zero-order chi connectivity index (χ0) is 11.9. The van der Waals surface area contributed by atoms with Crippen LogP contribution in [0.5, 0.6) is 0 Å². The van der Waals surface area contributed by atoms with Crippen LogP contribution in [0.25, 0.3) is 0 Å². The van der Waals surface area contributed by atoms with Crippen LogP contribution in [0.15, 0.2) is 22.8 Å². The molecule has 0 radical (unpaired) electrons. The highest BCUT2D eigenvalue weighted by Gasteiger charge is 2.38. The van der Waals surface area contributed by atoms with Gasteiger partial charge in [0.1, 0.15) is 0 Å². The van der Waals surface area contributed by atoms with Crippen molar-refractivity contribution in [2.24, 2.45) is 17.3 Å². The van der Waals surface area contributed by atoms with E-state index in [1.807, 2.05) is 0 Å². The summed E-state index contributed by atoms with van der Waals surface area (Å²) in [6, 6.07) is 0. The number of halogens is 1. The maximum Gasteiger partial charge on any atom is 0.0232 e. The first-order valence-corrected chi connectivity index (χ1v) is 6.92. The average Bonchev–Trinajstić information content (AvgIpc) is 2.48. The van der Waals surface area contributed by atoms with Gasteiger partial charge in [0.25, 0.3) is 0 Å². The molecule has 0 aliphatic heterocycles. The van der Waals surface area contributed by atoms with Crippen molar-refractivity contribution >= 4 is 11.6 Å². The maximum atomic E-state index is 5.91. The fraction of sp³-hybridized carbons (Fsp3) is 0.733. The van der Waals surface area contributed by atoms with Gasteiger partial charge in [0.05, 0.1) is 0 Å². The van der Waals surface area contributed by atoms with E-state index in [4.69, 9.17) is 11.6 Å². The second-order valence-corrected chi connectivity index (χ2v) is 6.68. The third kappa shape index (κ3) is 2.09. The van der Waals surface area contributed by atoms with Gasteiger partial charge in [-0.15, -0.1) is 11.6 Å². The van der Waals surface area contributed by atoms with Crippen LogP contribution in [0.1, 0.15) is 47.0 Å². The molecule has 2 aliphatic carbocycles. The predicted molar refractivity (Wildman–Crippen MR) is 71.8 cm³/mol. The second kappa shape index (κ2) is 4.22. The van der Waals surface area contributed by atoms with Crippen LogP contribution in [0.4, 0.5) is 0 Å². The van der Waals surface area contributed by atoms with Gasteiger partial charge in [-0.2, -0.15) is 0 Å². The Kier molecular flexibility index (Phi) is 3.22. The SMILES string of the molecule is CC1=CC2CC(C)(C)CC2=C(C)C1CCCl. The highest BCUT2D eigenvalue weighted by atomic mass is 35.5. The quantitative estimate of drug-likeness (QED) is 0.472. The minimum Gasteiger partial charge on any atom is -0.127 e. The van der Waals surface area contributed by atoms with Crippen LogP contribution in [-0.2, 0) is 0 Å². The molecule has 1 fully saturated rings. The summed E-state index contributed by atoms with van der Waals surface area (Å²) in [4.78, 5) is 0. The van der Waals surface area contributed by atoms with Crippen LogP contribution >= 0.6 is 11.6 Å². The number of rotatable bonds is 2. The third-order valence-corrected chi connectivity index (χ3v) is 4.55. The topological polar surface area (TPSA) is 0 Å². The second-order valence-electron chi connectivity index (χ2n) is 6.30. The zero-order valence-electron chi connectivity index (χ0n) is 10.9. The standard InChI is InChI=1S/C15H23Cl/c1-10-7-12-8-15(3,4)9-14(12)11(2)13(10)5-6-16/h7,12-13H,5-6,8-9H2,1-4H3. The molecule has 0 nitrogen and oxygen atoms in total. The number of hydrogen-bond acceptors (Lipinski definition) is 0. The van der Waals surface area contributed by atoms with E-state index in [2.05, 4.69) is 33.8 Å². The summed E-state index contributed by atoms with van der Waals surface area (Å²) in [6.45, 7) is 9.40. The van der Waals surface area contributed by atoms with E-state index >= 15 is 0 Å². The lowest BCUT2D eigenvalue weighted by Crippen LogP contribution is -2.14. The van der Waals surface area contributed by atoms with Crippen LogP contribution < -0.4 is 0 Å². The van der Waals surface area contributed by atoms with E-state index in [0.29, 0.717) is 11.3 Å². The zero-order valence-corrected chi connectivity index (χ0v) is 11.7. The van der Waals surface area contributed by atoms with Crippen molar-refractivity contribution in [1.29, 1.82) is 0 Å². The molecular weight excluding hydrogens is 216 g/mol. The Morgan fingerprint density at radius 3 is 2.69 bits per heavy atom. The largest absolute Gasteiger partial charge is 0.127 e. The van der Waals surface area contributed by atoms with Crippen molar-refractivity contribution in [3.8, 4) is 0 Å². The van der Waals surface area contributed by atoms with Crippen molar-refractivity contribution in [2.45, 2.75) is 47.0 Å². The van der Waals surface area contributed by atoms with Gasteiger partial charge in [0.2, 0.25) is 0 Å². The molecule has 0 saturated heterocycles. The molecule has 0 spiro atoms. The molecule has 0 aromatic rings. The Morgan fingerprint density at radius 1 is 1.38 bits per heavy atom.